The van der Waals surface area contributed by atoms with E-state index in [1.54, 1.807) is 12.1 Å². The number of carbonyl (C=O) groups is 1. The van der Waals surface area contributed by atoms with Crippen molar-refractivity contribution in [2.75, 3.05) is 32.8 Å². The highest BCUT2D eigenvalue weighted by molar-refractivity contribution is 7.89. The standard InChI is InChI=1S/C20H22F2N2O4S/c1-2-15-3-5-16(6-4-15)28-14-20(25)23-9-11-24(12-10-23)29(26,27)17-7-8-18(21)19(22)13-17/h3-8,13H,2,9-12,14H2,1H3. The minimum Gasteiger partial charge on any atom is -0.484 e. The van der Waals surface area contributed by atoms with Crippen LogP contribution in [0.1, 0.15) is 12.5 Å². The number of halogens is 2. The average molecular weight is 424 g/mol. The first-order valence-corrected chi connectivity index (χ1v) is 10.7. The molecule has 29 heavy (non-hydrogen) atoms. The van der Waals surface area contributed by atoms with Gasteiger partial charge in [-0.2, -0.15) is 4.31 Å². The van der Waals surface area contributed by atoms with Gasteiger partial charge in [-0.15, -0.1) is 0 Å². The van der Waals surface area contributed by atoms with Crippen LogP contribution in [0.25, 0.3) is 0 Å². The number of benzene rings is 2. The summed E-state index contributed by atoms with van der Waals surface area (Å²) in [7, 11) is -3.95. The summed E-state index contributed by atoms with van der Waals surface area (Å²) >= 11 is 0. The van der Waals surface area contributed by atoms with Crippen molar-refractivity contribution in [2.24, 2.45) is 0 Å². The molecule has 0 atom stereocenters. The molecule has 0 bridgehead atoms. The van der Waals surface area contributed by atoms with Gasteiger partial charge in [0, 0.05) is 26.2 Å². The van der Waals surface area contributed by atoms with Gasteiger partial charge in [0.15, 0.2) is 18.2 Å². The van der Waals surface area contributed by atoms with Gasteiger partial charge in [-0.3, -0.25) is 4.79 Å². The van der Waals surface area contributed by atoms with E-state index in [1.165, 1.54) is 10.5 Å². The Labute approximate surface area is 168 Å². The van der Waals surface area contributed by atoms with E-state index in [0.29, 0.717) is 11.8 Å². The molecule has 0 spiro atoms. The van der Waals surface area contributed by atoms with Crippen LogP contribution in [-0.4, -0.2) is 56.3 Å². The van der Waals surface area contributed by atoms with Crippen molar-refractivity contribution >= 4 is 15.9 Å². The van der Waals surface area contributed by atoms with E-state index >= 15 is 0 Å². The van der Waals surface area contributed by atoms with Gasteiger partial charge < -0.3 is 9.64 Å². The lowest BCUT2D eigenvalue weighted by atomic mass is 10.2. The van der Waals surface area contributed by atoms with Crippen LogP contribution < -0.4 is 4.74 Å². The number of aryl methyl sites for hydroxylation is 1. The second kappa shape index (κ2) is 8.87. The molecule has 1 saturated heterocycles. The fourth-order valence-corrected chi connectivity index (χ4v) is 4.46. The van der Waals surface area contributed by atoms with Gasteiger partial charge in [0.25, 0.3) is 5.91 Å². The van der Waals surface area contributed by atoms with Gasteiger partial charge in [-0.05, 0) is 42.3 Å². The van der Waals surface area contributed by atoms with Crippen molar-refractivity contribution in [3.8, 4) is 5.75 Å². The van der Waals surface area contributed by atoms with E-state index < -0.39 is 21.7 Å². The normalized spacial score (nSPS) is 15.3. The molecule has 0 saturated carbocycles. The predicted molar refractivity (Wildman–Crippen MR) is 103 cm³/mol. The Bertz CT molecular complexity index is 972. The lowest BCUT2D eigenvalue weighted by Gasteiger charge is -2.34. The quantitative estimate of drug-likeness (QED) is 0.715. The monoisotopic (exact) mass is 424 g/mol. The van der Waals surface area contributed by atoms with E-state index in [2.05, 4.69) is 0 Å². The van der Waals surface area contributed by atoms with E-state index in [0.717, 1.165) is 22.9 Å². The molecule has 1 aliphatic heterocycles. The Morgan fingerprint density at radius 3 is 2.24 bits per heavy atom. The number of amides is 1. The molecule has 0 aliphatic carbocycles. The van der Waals surface area contributed by atoms with Gasteiger partial charge in [-0.25, -0.2) is 17.2 Å². The van der Waals surface area contributed by atoms with Gasteiger partial charge in [0.05, 0.1) is 4.90 Å². The number of rotatable bonds is 6. The van der Waals surface area contributed by atoms with E-state index in [1.807, 2.05) is 19.1 Å². The Kier molecular flexibility index (Phi) is 6.49. The van der Waals surface area contributed by atoms with Crippen molar-refractivity contribution in [3.05, 3.63) is 59.7 Å². The topological polar surface area (TPSA) is 66.9 Å². The number of hydrogen-bond donors (Lipinski definition) is 0. The van der Waals surface area contributed by atoms with Gasteiger partial charge in [0.1, 0.15) is 5.75 Å². The fraction of sp³-hybridized carbons (Fsp3) is 0.350. The molecule has 1 heterocycles. The molecule has 156 valence electrons. The number of nitrogens with zero attached hydrogens (tertiary/aromatic N) is 2. The van der Waals surface area contributed by atoms with Gasteiger partial charge in [0.2, 0.25) is 10.0 Å². The Balaban J connectivity index is 1.54. The summed E-state index contributed by atoms with van der Waals surface area (Å²) in [5, 5.41) is 0. The number of ether oxygens (including phenoxy) is 1. The first-order valence-electron chi connectivity index (χ1n) is 9.26. The summed E-state index contributed by atoms with van der Waals surface area (Å²) in [4.78, 5) is 13.6. The summed E-state index contributed by atoms with van der Waals surface area (Å²) in [6.45, 7) is 2.43. The third-order valence-corrected chi connectivity index (χ3v) is 6.71. The molecular weight excluding hydrogens is 402 g/mol. The largest absolute Gasteiger partial charge is 0.484 e. The maximum Gasteiger partial charge on any atom is 0.260 e. The summed E-state index contributed by atoms with van der Waals surface area (Å²) in [5.41, 5.74) is 1.17. The van der Waals surface area contributed by atoms with Crippen LogP contribution in [0, 0.1) is 11.6 Å². The molecule has 0 radical (unpaired) electrons. The minimum atomic E-state index is -3.95. The number of piperazine rings is 1. The second-order valence-electron chi connectivity index (χ2n) is 6.65. The Morgan fingerprint density at radius 1 is 1.00 bits per heavy atom. The lowest BCUT2D eigenvalue weighted by molar-refractivity contribution is -0.134. The fourth-order valence-electron chi connectivity index (χ4n) is 3.02. The zero-order chi connectivity index (χ0) is 21.0. The molecule has 1 amide bonds. The van der Waals surface area contributed by atoms with Crippen molar-refractivity contribution in [3.63, 3.8) is 0 Å². The SMILES string of the molecule is CCc1ccc(OCC(=O)N2CCN(S(=O)(=O)c3ccc(F)c(F)c3)CC2)cc1. The average Bonchev–Trinajstić information content (AvgIpc) is 2.74. The maximum atomic E-state index is 13.4. The number of sulfonamides is 1. The summed E-state index contributed by atoms with van der Waals surface area (Å²) in [5.74, 6) is -1.97. The van der Waals surface area contributed by atoms with Crippen LogP contribution in [-0.2, 0) is 21.2 Å². The third kappa shape index (κ3) is 4.91. The maximum absolute atomic E-state index is 13.4. The molecule has 0 N–H and O–H groups in total. The Hall–Kier alpha value is -2.52. The predicted octanol–water partition coefficient (Wildman–Crippen LogP) is 2.44. The van der Waals surface area contributed by atoms with Crippen molar-refractivity contribution < 1.29 is 26.7 Å². The van der Waals surface area contributed by atoms with Crippen LogP contribution in [0.3, 0.4) is 0 Å². The minimum absolute atomic E-state index is 0.0677. The van der Waals surface area contributed by atoms with Crippen LogP contribution in [0.15, 0.2) is 47.4 Å². The van der Waals surface area contributed by atoms with E-state index in [-0.39, 0.29) is 43.6 Å². The second-order valence-corrected chi connectivity index (χ2v) is 8.58. The molecule has 2 aromatic carbocycles. The summed E-state index contributed by atoms with van der Waals surface area (Å²) < 4.78 is 58.3. The van der Waals surface area contributed by atoms with Crippen molar-refractivity contribution in [1.82, 2.24) is 9.21 Å². The molecule has 1 fully saturated rings. The van der Waals surface area contributed by atoms with Crippen LogP contribution in [0.2, 0.25) is 0 Å². The highest BCUT2D eigenvalue weighted by Gasteiger charge is 2.30. The van der Waals surface area contributed by atoms with Crippen molar-refractivity contribution in [1.29, 1.82) is 0 Å². The Morgan fingerprint density at radius 2 is 1.66 bits per heavy atom. The van der Waals surface area contributed by atoms with Crippen LogP contribution in [0.5, 0.6) is 5.75 Å². The molecule has 6 nitrogen and oxygen atoms in total. The number of carbonyl (C=O) groups excluding carboxylic acids is 1. The van der Waals surface area contributed by atoms with Crippen LogP contribution in [0.4, 0.5) is 8.78 Å². The smallest absolute Gasteiger partial charge is 0.260 e. The van der Waals surface area contributed by atoms with Gasteiger partial charge in [-0.1, -0.05) is 19.1 Å². The zero-order valence-electron chi connectivity index (χ0n) is 16.0. The van der Waals surface area contributed by atoms with E-state index in [9.17, 15) is 22.0 Å². The summed E-state index contributed by atoms with van der Waals surface area (Å²) in [6, 6.07) is 9.95. The molecular formula is C20H22F2N2O4S. The zero-order valence-corrected chi connectivity index (χ0v) is 16.8. The molecule has 3 rings (SSSR count). The van der Waals surface area contributed by atoms with E-state index in [4.69, 9.17) is 4.74 Å². The van der Waals surface area contributed by atoms with Crippen molar-refractivity contribution in [2.45, 2.75) is 18.2 Å². The summed E-state index contributed by atoms with van der Waals surface area (Å²) in [6.07, 6.45) is 0.914. The highest BCUT2D eigenvalue weighted by Crippen LogP contribution is 2.20. The molecule has 0 aromatic heterocycles. The number of hydrogen-bond acceptors (Lipinski definition) is 4. The molecule has 0 unspecified atom stereocenters. The van der Waals surface area contributed by atoms with Crippen LogP contribution >= 0.6 is 0 Å². The molecule has 2 aromatic rings. The molecule has 1 aliphatic rings. The van der Waals surface area contributed by atoms with Gasteiger partial charge >= 0.3 is 0 Å². The third-order valence-electron chi connectivity index (χ3n) is 4.81. The molecule has 9 heteroatoms. The lowest BCUT2D eigenvalue weighted by Crippen LogP contribution is -2.51. The first kappa shape index (κ1) is 21.2. The highest BCUT2D eigenvalue weighted by atomic mass is 32.2. The first-order chi connectivity index (χ1) is 13.8.